The summed E-state index contributed by atoms with van der Waals surface area (Å²) in [5.74, 6) is 1.11. The molecule has 0 spiro atoms. The summed E-state index contributed by atoms with van der Waals surface area (Å²) < 4.78 is 0. The predicted octanol–water partition coefficient (Wildman–Crippen LogP) is 7.67. The minimum absolute atomic E-state index is 0.0667. The summed E-state index contributed by atoms with van der Waals surface area (Å²) in [5.41, 5.74) is 4.02. The second kappa shape index (κ2) is 12.8. The number of hydrogen-bond donors (Lipinski definition) is 1. The quantitative estimate of drug-likeness (QED) is 0.327. The first-order valence-corrected chi connectivity index (χ1v) is 13.5. The number of anilines is 2. The van der Waals surface area contributed by atoms with Crippen LogP contribution in [0.1, 0.15) is 94.6 Å². The highest BCUT2D eigenvalue weighted by Gasteiger charge is 2.34. The number of carbonyl (C=O) groups is 2. The summed E-state index contributed by atoms with van der Waals surface area (Å²) >= 11 is 1.63. The van der Waals surface area contributed by atoms with Gasteiger partial charge >= 0.3 is 0 Å². The summed E-state index contributed by atoms with van der Waals surface area (Å²) in [4.78, 5) is 27.0. The standard InChI is InChI=1S/C28H38N2O2S/c1-4-5-6-7-8-9-10-14-26(31)29-24-13-11-12-23(19-24)28-30(27(32)20-33-28)25-17-15-22(16-18-25)21(2)3/h11-13,15-19,21,28H,4-10,14,20H2,1-3H3,(H,29,31)/t28-/m0/s1. The molecule has 2 aromatic rings. The van der Waals surface area contributed by atoms with Crippen LogP contribution in [-0.4, -0.2) is 17.6 Å². The van der Waals surface area contributed by atoms with Gasteiger partial charge in [0, 0.05) is 17.8 Å². The summed E-state index contributed by atoms with van der Waals surface area (Å²) in [5, 5.41) is 2.97. The third-order valence-corrected chi connectivity index (χ3v) is 7.38. The van der Waals surface area contributed by atoms with E-state index >= 15 is 0 Å². The number of nitrogens with zero attached hydrogens (tertiary/aromatic N) is 1. The highest BCUT2D eigenvalue weighted by Crippen LogP contribution is 2.42. The Hall–Kier alpha value is -2.27. The molecule has 178 valence electrons. The smallest absolute Gasteiger partial charge is 0.238 e. The van der Waals surface area contributed by atoms with Crippen molar-refractivity contribution in [3.8, 4) is 0 Å². The number of carbonyl (C=O) groups excluding carboxylic acids is 2. The molecule has 2 aromatic carbocycles. The van der Waals surface area contributed by atoms with Crippen LogP contribution in [-0.2, 0) is 9.59 Å². The molecule has 3 rings (SSSR count). The molecule has 0 radical (unpaired) electrons. The number of unbranched alkanes of at least 4 members (excludes halogenated alkanes) is 6. The number of nitrogens with one attached hydrogen (secondary N) is 1. The zero-order valence-corrected chi connectivity index (χ0v) is 21.1. The van der Waals surface area contributed by atoms with Gasteiger partial charge in [0.15, 0.2) is 0 Å². The normalized spacial score (nSPS) is 15.9. The van der Waals surface area contributed by atoms with E-state index in [-0.39, 0.29) is 17.2 Å². The van der Waals surface area contributed by atoms with E-state index in [1.165, 1.54) is 37.7 Å². The fourth-order valence-electron chi connectivity index (χ4n) is 4.21. The molecule has 0 unspecified atom stereocenters. The van der Waals surface area contributed by atoms with Gasteiger partial charge in [-0.05, 0) is 47.7 Å². The molecule has 0 bridgehead atoms. The average molecular weight is 467 g/mol. The van der Waals surface area contributed by atoms with Crippen LogP contribution in [0, 0.1) is 0 Å². The van der Waals surface area contributed by atoms with Crippen LogP contribution >= 0.6 is 11.8 Å². The number of thioether (sulfide) groups is 1. The van der Waals surface area contributed by atoms with E-state index in [9.17, 15) is 9.59 Å². The van der Waals surface area contributed by atoms with Crippen LogP contribution in [0.15, 0.2) is 48.5 Å². The molecule has 1 aliphatic rings. The third-order valence-electron chi connectivity index (χ3n) is 6.17. The van der Waals surface area contributed by atoms with Gasteiger partial charge < -0.3 is 5.32 Å². The lowest BCUT2D eigenvalue weighted by Gasteiger charge is -2.25. The van der Waals surface area contributed by atoms with E-state index in [1.807, 2.05) is 41.3 Å². The zero-order chi connectivity index (χ0) is 23.6. The van der Waals surface area contributed by atoms with Crippen molar-refractivity contribution < 1.29 is 9.59 Å². The van der Waals surface area contributed by atoms with Crippen molar-refractivity contribution >= 4 is 35.0 Å². The Bertz CT molecular complexity index is 910. The lowest BCUT2D eigenvalue weighted by atomic mass is 10.0. The summed E-state index contributed by atoms with van der Waals surface area (Å²) in [6, 6.07) is 16.2. The van der Waals surface area contributed by atoms with Gasteiger partial charge in [-0.2, -0.15) is 0 Å². The Kier molecular flexibility index (Phi) is 9.86. The largest absolute Gasteiger partial charge is 0.326 e. The van der Waals surface area contributed by atoms with Crippen molar-refractivity contribution in [3.05, 3.63) is 59.7 Å². The third kappa shape index (κ3) is 7.36. The molecule has 1 aliphatic heterocycles. The lowest BCUT2D eigenvalue weighted by molar-refractivity contribution is -0.117. The van der Waals surface area contributed by atoms with Crippen molar-refractivity contribution in [2.75, 3.05) is 16.0 Å². The number of hydrogen-bond acceptors (Lipinski definition) is 3. The first-order valence-electron chi connectivity index (χ1n) is 12.4. The Labute approximate surface area is 203 Å². The molecular weight excluding hydrogens is 428 g/mol. The minimum atomic E-state index is -0.0811. The molecule has 0 saturated carbocycles. The SMILES string of the molecule is CCCCCCCCCC(=O)Nc1cccc([C@@H]2SCC(=O)N2c2ccc(C(C)C)cc2)c1. The molecule has 4 nitrogen and oxygen atoms in total. The van der Waals surface area contributed by atoms with Crippen LogP contribution in [0.2, 0.25) is 0 Å². The summed E-state index contributed by atoms with van der Waals surface area (Å²) in [6.45, 7) is 6.56. The van der Waals surface area contributed by atoms with E-state index in [0.717, 1.165) is 29.8 Å². The Balaban J connectivity index is 1.58. The Morgan fingerprint density at radius 1 is 1.03 bits per heavy atom. The molecule has 0 aliphatic carbocycles. The fourth-order valence-corrected chi connectivity index (χ4v) is 5.37. The number of amides is 2. The first-order chi connectivity index (χ1) is 16.0. The van der Waals surface area contributed by atoms with Crippen LogP contribution in [0.25, 0.3) is 0 Å². The highest BCUT2D eigenvalue weighted by atomic mass is 32.2. The number of benzene rings is 2. The van der Waals surface area contributed by atoms with E-state index < -0.39 is 0 Å². The zero-order valence-electron chi connectivity index (χ0n) is 20.3. The summed E-state index contributed by atoms with van der Waals surface area (Å²) in [7, 11) is 0. The topological polar surface area (TPSA) is 49.4 Å². The molecule has 0 aromatic heterocycles. The minimum Gasteiger partial charge on any atom is -0.326 e. The first kappa shape index (κ1) is 25.4. The molecule has 5 heteroatoms. The van der Waals surface area contributed by atoms with Crippen molar-refractivity contribution in [1.29, 1.82) is 0 Å². The van der Waals surface area contributed by atoms with Crippen molar-refractivity contribution in [2.45, 2.75) is 83.4 Å². The molecule has 1 heterocycles. The van der Waals surface area contributed by atoms with Crippen molar-refractivity contribution in [2.24, 2.45) is 0 Å². The predicted molar refractivity (Wildman–Crippen MR) is 141 cm³/mol. The lowest BCUT2D eigenvalue weighted by Crippen LogP contribution is -2.27. The van der Waals surface area contributed by atoms with Crippen LogP contribution < -0.4 is 10.2 Å². The highest BCUT2D eigenvalue weighted by molar-refractivity contribution is 8.00. The van der Waals surface area contributed by atoms with Gasteiger partial charge in [-0.15, -0.1) is 11.8 Å². The van der Waals surface area contributed by atoms with Crippen molar-refractivity contribution in [1.82, 2.24) is 0 Å². The molecule has 2 amide bonds. The maximum absolute atomic E-state index is 12.7. The van der Waals surface area contributed by atoms with E-state index in [2.05, 4.69) is 38.2 Å². The maximum Gasteiger partial charge on any atom is 0.238 e. The number of rotatable bonds is 12. The monoisotopic (exact) mass is 466 g/mol. The van der Waals surface area contributed by atoms with E-state index in [1.54, 1.807) is 11.8 Å². The van der Waals surface area contributed by atoms with Crippen LogP contribution in [0.5, 0.6) is 0 Å². The van der Waals surface area contributed by atoms with Crippen molar-refractivity contribution in [3.63, 3.8) is 0 Å². The average Bonchev–Trinajstić information content (AvgIpc) is 3.20. The van der Waals surface area contributed by atoms with Gasteiger partial charge in [-0.1, -0.05) is 83.6 Å². The van der Waals surface area contributed by atoms with Crippen LogP contribution in [0.3, 0.4) is 0 Å². The van der Waals surface area contributed by atoms with E-state index in [4.69, 9.17) is 0 Å². The van der Waals surface area contributed by atoms with Gasteiger partial charge in [0.05, 0.1) is 5.75 Å². The van der Waals surface area contributed by atoms with Crippen LogP contribution in [0.4, 0.5) is 11.4 Å². The molecule has 1 fully saturated rings. The summed E-state index contributed by atoms with van der Waals surface area (Å²) in [6.07, 6.45) is 8.96. The molecule has 1 saturated heterocycles. The van der Waals surface area contributed by atoms with Gasteiger partial charge in [0.2, 0.25) is 11.8 Å². The fraction of sp³-hybridized carbons (Fsp3) is 0.500. The van der Waals surface area contributed by atoms with Gasteiger partial charge in [0.25, 0.3) is 0 Å². The maximum atomic E-state index is 12.7. The van der Waals surface area contributed by atoms with Gasteiger partial charge in [-0.3, -0.25) is 14.5 Å². The molecular formula is C28H38N2O2S. The van der Waals surface area contributed by atoms with E-state index in [0.29, 0.717) is 18.1 Å². The van der Waals surface area contributed by atoms with Gasteiger partial charge in [-0.25, -0.2) is 0 Å². The molecule has 1 atom stereocenters. The second-order valence-corrected chi connectivity index (χ2v) is 10.3. The molecule has 33 heavy (non-hydrogen) atoms. The Morgan fingerprint density at radius 2 is 1.73 bits per heavy atom. The van der Waals surface area contributed by atoms with Gasteiger partial charge in [0.1, 0.15) is 5.37 Å². The second-order valence-electron chi connectivity index (χ2n) is 9.22. The Morgan fingerprint density at radius 3 is 2.42 bits per heavy atom. The molecule has 1 N–H and O–H groups in total.